The summed E-state index contributed by atoms with van der Waals surface area (Å²) in [6.45, 7) is 3.85. The number of carbonyl (C=O) groups is 1. The predicted molar refractivity (Wildman–Crippen MR) is 65.2 cm³/mol. The number of hydrogen-bond acceptors (Lipinski definition) is 3. The van der Waals surface area contributed by atoms with E-state index in [2.05, 4.69) is 5.32 Å². The number of rotatable bonds is 3. The molecule has 18 heavy (non-hydrogen) atoms. The van der Waals surface area contributed by atoms with Crippen LogP contribution in [-0.2, 0) is 9.53 Å². The Hall–Kier alpha value is -1.62. The fourth-order valence-electron chi connectivity index (χ4n) is 2.31. The van der Waals surface area contributed by atoms with Crippen molar-refractivity contribution in [3.63, 3.8) is 0 Å². The molecule has 2 unspecified atom stereocenters. The van der Waals surface area contributed by atoms with Crippen LogP contribution in [0.4, 0.5) is 10.1 Å². The second-order valence-electron chi connectivity index (χ2n) is 4.68. The summed E-state index contributed by atoms with van der Waals surface area (Å²) in [4.78, 5) is 11.5. The van der Waals surface area contributed by atoms with E-state index >= 15 is 0 Å². The second-order valence-corrected chi connectivity index (χ2v) is 4.68. The van der Waals surface area contributed by atoms with Crippen LogP contribution in [0.1, 0.15) is 18.9 Å². The van der Waals surface area contributed by atoms with Gasteiger partial charge in [0.2, 0.25) is 0 Å². The fraction of sp³-hybridized carbons (Fsp3) is 0.462. The highest BCUT2D eigenvalue weighted by atomic mass is 19.1. The zero-order valence-electron chi connectivity index (χ0n) is 10.4. The molecule has 2 N–H and O–H groups in total. The van der Waals surface area contributed by atoms with Gasteiger partial charge in [0.1, 0.15) is 5.82 Å². The van der Waals surface area contributed by atoms with Gasteiger partial charge in [-0.25, -0.2) is 9.18 Å². The van der Waals surface area contributed by atoms with E-state index in [1.54, 1.807) is 19.9 Å². The van der Waals surface area contributed by atoms with Gasteiger partial charge in [-0.15, -0.1) is 0 Å². The molecule has 1 aromatic carbocycles. The Morgan fingerprint density at radius 1 is 1.56 bits per heavy atom. The van der Waals surface area contributed by atoms with E-state index in [4.69, 9.17) is 4.74 Å². The molecule has 1 fully saturated rings. The maximum absolute atomic E-state index is 13.3. The molecule has 0 amide bonds. The first kappa shape index (κ1) is 12.8. The molecule has 0 radical (unpaired) electrons. The standard InChI is InChI=1S/C13H16FNO3/c1-8-5-10(14)7-11(6-8)15-13(12(16)17)3-4-18-9(13)2/h5-7,9,15H,3-4H2,1-2H3,(H,16,17). The van der Waals surface area contributed by atoms with E-state index < -0.39 is 17.6 Å². The number of carboxylic acids is 1. The van der Waals surface area contributed by atoms with E-state index in [1.165, 1.54) is 12.1 Å². The van der Waals surface area contributed by atoms with E-state index in [1.807, 2.05) is 0 Å². The van der Waals surface area contributed by atoms with Crippen LogP contribution < -0.4 is 5.32 Å². The minimum Gasteiger partial charge on any atom is -0.479 e. The van der Waals surface area contributed by atoms with Gasteiger partial charge >= 0.3 is 5.97 Å². The molecule has 0 bridgehead atoms. The summed E-state index contributed by atoms with van der Waals surface area (Å²) in [6.07, 6.45) is -0.0995. The lowest BCUT2D eigenvalue weighted by Crippen LogP contribution is -2.51. The van der Waals surface area contributed by atoms with Crippen LogP contribution in [-0.4, -0.2) is 29.3 Å². The summed E-state index contributed by atoms with van der Waals surface area (Å²) < 4.78 is 18.6. The molecule has 0 spiro atoms. The highest BCUT2D eigenvalue weighted by Crippen LogP contribution is 2.31. The number of benzene rings is 1. The van der Waals surface area contributed by atoms with Crippen LogP contribution >= 0.6 is 0 Å². The molecule has 1 heterocycles. The minimum absolute atomic E-state index is 0.360. The lowest BCUT2D eigenvalue weighted by Gasteiger charge is -2.29. The van der Waals surface area contributed by atoms with Crippen molar-refractivity contribution in [2.24, 2.45) is 0 Å². The summed E-state index contributed by atoms with van der Waals surface area (Å²) in [5.74, 6) is -1.36. The van der Waals surface area contributed by atoms with Crippen LogP contribution in [0.15, 0.2) is 18.2 Å². The Morgan fingerprint density at radius 2 is 2.28 bits per heavy atom. The third-order valence-electron chi connectivity index (χ3n) is 3.35. The molecule has 98 valence electrons. The van der Waals surface area contributed by atoms with Crippen molar-refractivity contribution in [3.8, 4) is 0 Å². The highest BCUT2D eigenvalue weighted by molar-refractivity contribution is 5.84. The molecular weight excluding hydrogens is 237 g/mol. The van der Waals surface area contributed by atoms with Gasteiger partial charge in [0.15, 0.2) is 5.54 Å². The lowest BCUT2D eigenvalue weighted by molar-refractivity contribution is -0.143. The summed E-state index contributed by atoms with van der Waals surface area (Å²) >= 11 is 0. The number of carboxylic acid groups (broad SMARTS) is 1. The van der Waals surface area contributed by atoms with Gasteiger partial charge in [-0.2, -0.15) is 0 Å². The van der Waals surface area contributed by atoms with Crippen LogP contribution in [0.2, 0.25) is 0 Å². The molecular formula is C13H16FNO3. The summed E-state index contributed by atoms with van der Waals surface area (Å²) in [5.41, 5.74) is 0.0251. The van der Waals surface area contributed by atoms with E-state index in [0.717, 1.165) is 5.56 Å². The van der Waals surface area contributed by atoms with E-state index in [0.29, 0.717) is 18.7 Å². The maximum Gasteiger partial charge on any atom is 0.332 e. The first-order valence-electron chi connectivity index (χ1n) is 5.84. The molecule has 1 saturated heterocycles. The summed E-state index contributed by atoms with van der Waals surface area (Å²) in [7, 11) is 0. The lowest BCUT2D eigenvalue weighted by atomic mass is 9.91. The average Bonchev–Trinajstić information content (AvgIpc) is 2.59. The first-order valence-corrected chi connectivity index (χ1v) is 5.84. The summed E-state index contributed by atoms with van der Waals surface area (Å²) in [6, 6.07) is 4.41. The van der Waals surface area contributed by atoms with Crippen molar-refractivity contribution in [1.29, 1.82) is 0 Å². The minimum atomic E-state index is -1.18. The normalized spacial score (nSPS) is 27.2. The number of anilines is 1. The second kappa shape index (κ2) is 4.57. The molecule has 1 aliphatic heterocycles. The van der Waals surface area contributed by atoms with Crippen molar-refractivity contribution in [3.05, 3.63) is 29.6 Å². The Labute approximate surface area is 105 Å². The molecule has 1 aromatic rings. The van der Waals surface area contributed by atoms with Gasteiger partial charge in [0.05, 0.1) is 6.10 Å². The topological polar surface area (TPSA) is 58.6 Å². The zero-order chi connectivity index (χ0) is 13.3. The monoisotopic (exact) mass is 253 g/mol. The third-order valence-corrected chi connectivity index (χ3v) is 3.35. The quantitative estimate of drug-likeness (QED) is 0.866. The van der Waals surface area contributed by atoms with Crippen LogP contribution in [0.5, 0.6) is 0 Å². The van der Waals surface area contributed by atoms with Crippen molar-refractivity contribution in [1.82, 2.24) is 0 Å². The molecule has 0 aromatic heterocycles. The largest absolute Gasteiger partial charge is 0.479 e. The molecule has 2 atom stereocenters. The first-order chi connectivity index (χ1) is 8.44. The van der Waals surface area contributed by atoms with Crippen LogP contribution in [0, 0.1) is 12.7 Å². The molecule has 0 aliphatic carbocycles. The van der Waals surface area contributed by atoms with Gasteiger partial charge in [0.25, 0.3) is 0 Å². The van der Waals surface area contributed by atoms with Gasteiger partial charge < -0.3 is 15.2 Å². The van der Waals surface area contributed by atoms with Crippen molar-refractivity contribution < 1.29 is 19.0 Å². The van der Waals surface area contributed by atoms with Gasteiger partial charge in [-0.3, -0.25) is 0 Å². The average molecular weight is 253 g/mol. The van der Waals surface area contributed by atoms with Crippen molar-refractivity contribution >= 4 is 11.7 Å². The van der Waals surface area contributed by atoms with Crippen LogP contribution in [0.3, 0.4) is 0 Å². The summed E-state index contributed by atoms with van der Waals surface area (Å²) in [5, 5.41) is 12.3. The highest BCUT2D eigenvalue weighted by Gasteiger charge is 2.48. The molecule has 4 nitrogen and oxygen atoms in total. The Balaban J connectivity index is 2.32. The van der Waals surface area contributed by atoms with Crippen molar-refractivity contribution in [2.45, 2.75) is 31.9 Å². The molecule has 1 aliphatic rings. The fourth-order valence-corrected chi connectivity index (χ4v) is 2.31. The van der Waals surface area contributed by atoms with Gasteiger partial charge in [0, 0.05) is 18.7 Å². The van der Waals surface area contributed by atoms with E-state index in [-0.39, 0.29) is 5.82 Å². The SMILES string of the molecule is Cc1cc(F)cc(NC2(C(=O)O)CCOC2C)c1. The zero-order valence-corrected chi connectivity index (χ0v) is 10.4. The number of nitrogens with one attached hydrogen (secondary N) is 1. The van der Waals surface area contributed by atoms with Crippen LogP contribution in [0.25, 0.3) is 0 Å². The maximum atomic E-state index is 13.3. The number of ether oxygens (including phenoxy) is 1. The molecule has 5 heteroatoms. The Morgan fingerprint density at radius 3 is 2.78 bits per heavy atom. The smallest absolute Gasteiger partial charge is 0.332 e. The number of halogens is 1. The molecule has 2 rings (SSSR count). The molecule has 0 saturated carbocycles. The predicted octanol–water partition coefficient (Wildman–Crippen LogP) is 2.18. The number of hydrogen-bond donors (Lipinski definition) is 2. The Bertz CT molecular complexity index is 457. The van der Waals surface area contributed by atoms with Gasteiger partial charge in [-0.05, 0) is 37.6 Å². The third kappa shape index (κ3) is 2.18. The number of aliphatic carboxylic acids is 1. The Kier molecular flexibility index (Phi) is 3.26. The number of aryl methyl sites for hydroxylation is 1. The van der Waals surface area contributed by atoms with Gasteiger partial charge in [-0.1, -0.05) is 0 Å². The van der Waals surface area contributed by atoms with Crippen molar-refractivity contribution in [2.75, 3.05) is 11.9 Å². The van der Waals surface area contributed by atoms with E-state index in [9.17, 15) is 14.3 Å².